The lowest BCUT2D eigenvalue weighted by molar-refractivity contribution is -0.132. The number of hydrogen-bond acceptors (Lipinski definition) is 7. The summed E-state index contributed by atoms with van der Waals surface area (Å²) < 4.78 is 11.7. The molecule has 0 aliphatic carbocycles. The number of ether oxygens (including phenoxy) is 2. The minimum atomic E-state index is -0.852. The largest absolute Gasteiger partial charge is 0.507 e. The van der Waals surface area contributed by atoms with E-state index in [2.05, 4.69) is 18.8 Å². The summed E-state index contributed by atoms with van der Waals surface area (Å²) in [7, 11) is 1.53. The zero-order valence-electron chi connectivity index (χ0n) is 21.6. The van der Waals surface area contributed by atoms with Gasteiger partial charge < -0.3 is 14.6 Å². The van der Waals surface area contributed by atoms with Crippen LogP contribution in [0.1, 0.15) is 49.4 Å². The molecular weight excluding hydrogens is 500 g/mol. The highest BCUT2D eigenvalue weighted by atomic mass is 32.1. The number of nitrogens with zero attached hydrogens (tertiary/aromatic N) is 2. The summed E-state index contributed by atoms with van der Waals surface area (Å²) >= 11 is 1.30. The van der Waals surface area contributed by atoms with Gasteiger partial charge in [-0.3, -0.25) is 14.5 Å². The fraction of sp³-hybridized carbons (Fsp3) is 0.233. The van der Waals surface area contributed by atoms with Crippen LogP contribution in [0.5, 0.6) is 11.5 Å². The molecule has 38 heavy (non-hydrogen) atoms. The van der Waals surface area contributed by atoms with Crippen molar-refractivity contribution in [2.75, 3.05) is 18.6 Å². The van der Waals surface area contributed by atoms with Crippen LogP contribution in [-0.4, -0.2) is 35.5 Å². The van der Waals surface area contributed by atoms with Gasteiger partial charge in [-0.2, -0.15) is 0 Å². The second-order valence-corrected chi connectivity index (χ2v) is 10.3. The molecule has 0 bridgehead atoms. The van der Waals surface area contributed by atoms with Crippen LogP contribution in [0.15, 0.2) is 72.3 Å². The molecule has 1 fully saturated rings. The van der Waals surface area contributed by atoms with Crippen LogP contribution < -0.4 is 14.4 Å². The number of aliphatic hydroxyl groups excluding tert-OH is 1. The fourth-order valence-corrected chi connectivity index (χ4v) is 5.61. The van der Waals surface area contributed by atoms with Crippen LogP contribution >= 0.6 is 11.3 Å². The lowest BCUT2D eigenvalue weighted by Crippen LogP contribution is -2.29. The summed E-state index contributed by atoms with van der Waals surface area (Å²) in [5.41, 5.74) is 2.91. The normalized spacial score (nSPS) is 17.0. The van der Waals surface area contributed by atoms with E-state index in [1.807, 2.05) is 49.4 Å². The highest BCUT2D eigenvalue weighted by Gasteiger charge is 2.48. The number of rotatable bonds is 7. The standard InChI is InChI=1S/C30H28N2O5S/c1-5-37-22-13-14-23-24(16-22)38-30(31-23)32-26(19-11-9-18(10-12-19)17(2)3)25(28(34)29(32)35)27(33)20-7-6-8-21(15-20)36-4/h6-17,26,33H,5H2,1-4H3. The van der Waals surface area contributed by atoms with Gasteiger partial charge in [-0.05, 0) is 54.3 Å². The number of amides is 1. The van der Waals surface area contributed by atoms with E-state index in [1.165, 1.54) is 23.3 Å². The number of hydrogen-bond donors (Lipinski definition) is 1. The summed E-state index contributed by atoms with van der Waals surface area (Å²) in [4.78, 5) is 33.1. The molecule has 194 valence electrons. The molecule has 2 heterocycles. The first-order chi connectivity index (χ1) is 18.3. The molecule has 1 N–H and O–H groups in total. The Morgan fingerprint density at radius 3 is 2.50 bits per heavy atom. The van der Waals surface area contributed by atoms with Crippen molar-refractivity contribution in [3.05, 3.63) is 89.0 Å². The van der Waals surface area contributed by atoms with Gasteiger partial charge in [0, 0.05) is 5.56 Å². The second kappa shape index (κ2) is 10.3. The van der Waals surface area contributed by atoms with Gasteiger partial charge in [-0.25, -0.2) is 4.98 Å². The summed E-state index contributed by atoms with van der Waals surface area (Å²) in [6.07, 6.45) is 0. The Morgan fingerprint density at radius 2 is 1.82 bits per heavy atom. The third-order valence-electron chi connectivity index (χ3n) is 6.57. The average Bonchev–Trinajstić information content (AvgIpc) is 3.46. The SMILES string of the molecule is CCOc1ccc2nc(N3C(=O)C(=O)C(=C(O)c4cccc(OC)c4)C3c3ccc(C(C)C)cc3)sc2c1. The number of anilines is 1. The lowest BCUT2D eigenvalue weighted by atomic mass is 9.93. The van der Waals surface area contributed by atoms with Crippen LogP contribution in [0.4, 0.5) is 5.13 Å². The van der Waals surface area contributed by atoms with E-state index in [-0.39, 0.29) is 11.3 Å². The van der Waals surface area contributed by atoms with E-state index >= 15 is 0 Å². The van der Waals surface area contributed by atoms with Crippen LogP contribution in [0.3, 0.4) is 0 Å². The highest BCUT2D eigenvalue weighted by molar-refractivity contribution is 7.22. The maximum Gasteiger partial charge on any atom is 0.301 e. The highest BCUT2D eigenvalue weighted by Crippen LogP contribution is 2.45. The van der Waals surface area contributed by atoms with Crippen molar-refractivity contribution < 1.29 is 24.2 Å². The Bertz CT molecular complexity index is 1550. The van der Waals surface area contributed by atoms with E-state index in [1.54, 1.807) is 24.3 Å². The molecule has 7 nitrogen and oxygen atoms in total. The number of fused-ring (bicyclic) bond motifs is 1. The van der Waals surface area contributed by atoms with Crippen molar-refractivity contribution in [1.29, 1.82) is 0 Å². The Hall–Kier alpha value is -4.17. The number of ketones is 1. The zero-order chi connectivity index (χ0) is 27.0. The van der Waals surface area contributed by atoms with Crippen molar-refractivity contribution in [3.63, 3.8) is 0 Å². The lowest BCUT2D eigenvalue weighted by Gasteiger charge is -2.23. The molecule has 1 unspecified atom stereocenters. The van der Waals surface area contributed by atoms with Crippen LogP contribution in [0, 0.1) is 0 Å². The molecule has 1 aromatic heterocycles. The summed E-state index contributed by atoms with van der Waals surface area (Å²) in [5, 5.41) is 11.8. The minimum Gasteiger partial charge on any atom is -0.507 e. The van der Waals surface area contributed by atoms with E-state index in [0.717, 1.165) is 10.3 Å². The molecule has 1 aliphatic rings. The molecule has 1 atom stereocenters. The van der Waals surface area contributed by atoms with Crippen molar-refractivity contribution in [2.24, 2.45) is 0 Å². The van der Waals surface area contributed by atoms with Gasteiger partial charge in [0.1, 0.15) is 17.3 Å². The van der Waals surface area contributed by atoms with E-state index < -0.39 is 17.7 Å². The number of aromatic nitrogens is 1. The van der Waals surface area contributed by atoms with Crippen molar-refractivity contribution in [1.82, 2.24) is 4.98 Å². The van der Waals surface area contributed by atoms with Gasteiger partial charge in [0.25, 0.3) is 5.78 Å². The molecule has 0 radical (unpaired) electrons. The molecule has 1 saturated heterocycles. The number of thiazole rings is 1. The second-order valence-electron chi connectivity index (χ2n) is 9.28. The zero-order valence-corrected chi connectivity index (χ0v) is 22.4. The monoisotopic (exact) mass is 528 g/mol. The van der Waals surface area contributed by atoms with Crippen molar-refractivity contribution in [2.45, 2.75) is 32.7 Å². The predicted molar refractivity (Wildman–Crippen MR) is 149 cm³/mol. The van der Waals surface area contributed by atoms with E-state index in [0.29, 0.717) is 45.8 Å². The van der Waals surface area contributed by atoms with Gasteiger partial charge in [-0.1, -0.05) is 61.6 Å². The predicted octanol–water partition coefficient (Wildman–Crippen LogP) is 6.45. The number of carbonyl (C=O) groups excluding carboxylic acids is 2. The van der Waals surface area contributed by atoms with Gasteiger partial charge in [0.2, 0.25) is 0 Å². The molecular formula is C30H28N2O5S. The van der Waals surface area contributed by atoms with Gasteiger partial charge in [-0.15, -0.1) is 0 Å². The van der Waals surface area contributed by atoms with E-state index in [9.17, 15) is 14.7 Å². The van der Waals surface area contributed by atoms with E-state index in [4.69, 9.17) is 9.47 Å². The maximum absolute atomic E-state index is 13.5. The Balaban J connectivity index is 1.69. The third kappa shape index (κ3) is 4.52. The topological polar surface area (TPSA) is 89.0 Å². The van der Waals surface area contributed by atoms with Gasteiger partial charge in [0.05, 0.1) is 35.5 Å². The quantitative estimate of drug-likeness (QED) is 0.168. The summed E-state index contributed by atoms with van der Waals surface area (Å²) in [6.45, 7) is 6.64. The number of benzene rings is 3. The van der Waals surface area contributed by atoms with Crippen LogP contribution in [-0.2, 0) is 9.59 Å². The fourth-order valence-electron chi connectivity index (χ4n) is 4.59. The smallest absolute Gasteiger partial charge is 0.301 e. The van der Waals surface area contributed by atoms with Gasteiger partial charge in [0.15, 0.2) is 5.13 Å². The maximum atomic E-state index is 13.5. The molecule has 5 rings (SSSR count). The Morgan fingerprint density at radius 1 is 1.05 bits per heavy atom. The Labute approximate surface area is 225 Å². The van der Waals surface area contributed by atoms with Crippen molar-refractivity contribution >= 4 is 44.1 Å². The third-order valence-corrected chi connectivity index (χ3v) is 7.59. The first-order valence-electron chi connectivity index (χ1n) is 12.4. The molecule has 4 aromatic rings. The van der Waals surface area contributed by atoms with Crippen LogP contribution in [0.2, 0.25) is 0 Å². The molecule has 0 spiro atoms. The number of methoxy groups -OCH3 is 1. The number of carbonyl (C=O) groups is 2. The first-order valence-corrected chi connectivity index (χ1v) is 13.2. The molecule has 1 amide bonds. The number of aliphatic hydroxyl groups is 1. The molecule has 8 heteroatoms. The first kappa shape index (κ1) is 25.5. The molecule has 1 aliphatic heterocycles. The van der Waals surface area contributed by atoms with Crippen molar-refractivity contribution in [3.8, 4) is 11.5 Å². The van der Waals surface area contributed by atoms with Gasteiger partial charge >= 0.3 is 5.91 Å². The minimum absolute atomic E-state index is 0.00908. The molecule has 3 aromatic carbocycles. The molecule has 0 saturated carbocycles. The Kier molecular flexibility index (Phi) is 6.91. The van der Waals surface area contributed by atoms with Crippen LogP contribution in [0.25, 0.3) is 16.0 Å². The summed E-state index contributed by atoms with van der Waals surface area (Å²) in [5.74, 6) is -0.221. The summed E-state index contributed by atoms with van der Waals surface area (Å²) in [6, 6.07) is 19.2. The average molecular weight is 529 g/mol. The number of Topliss-reactive ketones (excluding diaryl/α,β-unsaturated/α-hetero) is 1.